The van der Waals surface area contributed by atoms with Gasteiger partial charge in [-0.05, 0) is 43.3 Å². The van der Waals surface area contributed by atoms with Crippen LogP contribution in [-0.4, -0.2) is 36.9 Å². The number of nitrogens with one attached hydrogen (secondary N) is 1. The fourth-order valence-electron chi connectivity index (χ4n) is 2.80. The zero-order valence-corrected chi connectivity index (χ0v) is 16.1. The van der Waals surface area contributed by atoms with Crippen molar-refractivity contribution in [3.05, 3.63) is 65.7 Å². The zero-order chi connectivity index (χ0) is 21.4. The number of aliphatic hydroxyl groups excluding tert-OH is 1. The van der Waals surface area contributed by atoms with Crippen molar-refractivity contribution in [2.75, 3.05) is 13.7 Å². The van der Waals surface area contributed by atoms with Crippen LogP contribution in [0, 0.1) is 0 Å². The van der Waals surface area contributed by atoms with Gasteiger partial charge in [0, 0.05) is 6.42 Å². The van der Waals surface area contributed by atoms with Crippen LogP contribution in [-0.2, 0) is 15.7 Å². The van der Waals surface area contributed by atoms with Crippen molar-refractivity contribution < 1.29 is 32.5 Å². The molecule has 0 aliphatic rings. The molecule has 0 spiro atoms. The van der Waals surface area contributed by atoms with Crippen LogP contribution in [0.2, 0.25) is 0 Å². The maximum atomic E-state index is 12.7. The summed E-state index contributed by atoms with van der Waals surface area (Å²) in [6.07, 6.45) is -5.42. The Bertz CT molecular complexity index is 764. The topological polar surface area (TPSA) is 67.8 Å². The third kappa shape index (κ3) is 6.76. The Balaban J connectivity index is 2.09. The predicted octanol–water partition coefficient (Wildman–Crippen LogP) is 3.73. The van der Waals surface area contributed by atoms with Crippen molar-refractivity contribution in [3.8, 4) is 5.75 Å². The highest BCUT2D eigenvalue weighted by Crippen LogP contribution is 2.31. The fraction of sp³-hybridized carbons (Fsp3) is 0.381. The summed E-state index contributed by atoms with van der Waals surface area (Å²) in [6, 6.07) is 12.8. The lowest BCUT2D eigenvalue weighted by molar-refractivity contribution is -0.146. The summed E-state index contributed by atoms with van der Waals surface area (Å²) in [7, 11) is 1.24. The second-order valence-corrected chi connectivity index (χ2v) is 6.52. The first-order valence-electron chi connectivity index (χ1n) is 9.10. The molecule has 3 atom stereocenters. The second kappa shape index (κ2) is 10.3. The minimum Gasteiger partial charge on any atom is -0.486 e. The molecular weight excluding hydrogens is 387 g/mol. The summed E-state index contributed by atoms with van der Waals surface area (Å²) < 4.78 is 48.8. The average Bonchev–Trinajstić information content (AvgIpc) is 2.70. The number of halogens is 3. The van der Waals surface area contributed by atoms with E-state index in [1.807, 2.05) is 30.3 Å². The molecule has 0 heterocycles. The molecule has 0 fully saturated rings. The van der Waals surface area contributed by atoms with E-state index in [0.717, 1.165) is 17.7 Å². The lowest BCUT2D eigenvalue weighted by atomic mass is 10.1. The number of aliphatic hydroxyl groups is 1. The van der Waals surface area contributed by atoms with Gasteiger partial charge in [0.05, 0.1) is 18.8 Å². The third-order valence-electron chi connectivity index (χ3n) is 4.34. The van der Waals surface area contributed by atoms with E-state index in [9.17, 15) is 23.1 Å². The highest BCUT2D eigenvalue weighted by molar-refractivity contribution is 5.76. The monoisotopic (exact) mass is 411 g/mol. The average molecular weight is 411 g/mol. The summed E-state index contributed by atoms with van der Waals surface area (Å²) in [5, 5.41) is 12.7. The Kier molecular flexibility index (Phi) is 8.04. The van der Waals surface area contributed by atoms with Crippen molar-refractivity contribution in [1.29, 1.82) is 0 Å². The van der Waals surface area contributed by atoms with Gasteiger partial charge in [0.2, 0.25) is 0 Å². The van der Waals surface area contributed by atoms with Crippen LogP contribution < -0.4 is 10.1 Å². The Labute approximate surface area is 167 Å². The SMILES string of the molecule is COC(=O)[C@@H](NCCC(Oc1ccc(C(F)(F)F)cc1)c1ccccc1)[C@@H](C)O. The van der Waals surface area contributed by atoms with Crippen molar-refractivity contribution in [2.24, 2.45) is 0 Å². The van der Waals surface area contributed by atoms with Crippen molar-refractivity contribution in [2.45, 2.75) is 37.8 Å². The van der Waals surface area contributed by atoms with E-state index in [1.54, 1.807) is 0 Å². The van der Waals surface area contributed by atoms with Crippen LogP contribution in [0.3, 0.4) is 0 Å². The normalized spacial score (nSPS) is 14.7. The molecule has 5 nitrogen and oxygen atoms in total. The van der Waals surface area contributed by atoms with Gasteiger partial charge in [-0.15, -0.1) is 0 Å². The van der Waals surface area contributed by atoms with Crippen LogP contribution in [0.4, 0.5) is 13.2 Å². The number of hydrogen-bond acceptors (Lipinski definition) is 5. The summed E-state index contributed by atoms with van der Waals surface area (Å²) in [5.41, 5.74) is 0.0847. The van der Waals surface area contributed by atoms with Gasteiger partial charge in [-0.2, -0.15) is 13.2 Å². The lowest BCUT2D eigenvalue weighted by Gasteiger charge is -2.23. The standard InChI is InChI=1S/C21H24F3NO4/c1-14(26)19(20(27)28-2)25-13-12-18(15-6-4-3-5-7-15)29-17-10-8-16(9-11-17)21(22,23)24/h3-11,14,18-19,25-26H,12-13H2,1-2H3/t14-,18?,19+/m1/s1. The first kappa shape index (κ1) is 22.7. The van der Waals surface area contributed by atoms with Crippen LogP contribution >= 0.6 is 0 Å². The van der Waals surface area contributed by atoms with Crippen LogP contribution in [0.1, 0.15) is 30.6 Å². The van der Waals surface area contributed by atoms with E-state index in [4.69, 9.17) is 4.74 Å². The van der Waals surface area contributed by atoms with Gasteiger partial charge in [-0.25, -0.2) is 0 Å². The van der Waals surface area contributed by atoms with E-state index in [0.29, 0.717) is 18.7 Å². The summed E-state index contributed by atoms with van der Waals surface area (Å²) >= 11 is 0. The minimum absolute atomic E-state index is 0.298. The van der Waals surface area contributed by atoms with Gasteiger partial charge in [0.15, 0.2) is 0 Å². The molecular formula is C21H24F3NO4. The molecule has 0 aliphatic carbocycles. The van der Waals surface area contributed by atoms with Gasteiger partial charge in [-0.3, -0.25) is 4.79 Å². The van der Waals surface area contributed by atoms with E-state index >= 15 is 0 Å². The number of benzene rings is 2. The lowest BCUT2D eigenvalue weighted by Crippen LogP contribution is -2.46. The van der Waals surface area contributed by atoms with E-state index in [2.05, 4.69) is 10.1 Å². The number of alkyl halides is 3. The molecule has 2 aromatic carbocycles. The van der Waals surface area contributed by atoms with Crippen molar-refractivity contribution in [3.63, 3.8) is 0 Å². The number of carbonyl (C=O) groups excluding carboxylic acids is 1. The number of ether oxygens (including phenoxy) is 2. The number of hydrogen-bond donors (Lipinski definition) is 2. The molecule has 2 rings (SSSR count). The minimum atomic E-state index is -4.41. The van der Waals surface area contributed by atoms with Gasteiger partial charge >= 0.3 is 12.1 Å². The number of esters is 1. The van der Waals surface area contributed by atoms with Crippen LogP contribution in [0.25, 0.3) is 0 Å². The Hall–Kier alpha value is -2.58. The van der Waals surface area contributed by atoms with Gasteiger partial charge in [0.1, 0.15) is 17.9 Å². The van der Waals surface area contributed by atoms with Gasteiger partial charge in [-0.1, -0.05) is 30.3 Å². The van der Waals surface area contributed by atoms with E-state index in [-0.39, 0.29) is 0 Å². The molecule has 0 radical (unpaired) electrons. The van der Waals surface area contributed by atoms with E-state index < -0.39 is 36.0 Å². The maximum absolute atomic E-state index is 12.7. The molecule has 158 valence electrons. The molecule has 29 heavy (non-hydrogen) atoms. The molecule has 0 bridgehead atoms. The summed E-state index contributed by atoms with van der Waals surface area (Å²) in [5.74, 6) is -0.285. The molecule has 0 saturated carbocycles. The Morgan fingerprint density at radius 2 is 1.72 bits per heavy atom. The first-order valence-corrected chi connectivity index (χ1v) is 9.10. The second-order valence-electron chi connectivity index (χ2n) is 6.52. The van der Waals surface area contributed by atoms with Crippen LogP contribution in [0.15, 0.2) is 54.6 Å². The predicted molar refractivity (Wildman–Crippen MR) is 101 cm³/mol. The summed E-state index contributed by atoms with van der Waals surface area (Å²) in [6.45, 7) is 1.78. The smallest absolute Gasteiger partial charge is 0.416 e. The van der Waals surface area contributed by atoms with Gasteiger partial charge in [0.25, 0.3) is 0 Å². The fourth-order valence-corrected chi connectivity index (χ4v) is 2.80. The Morgan fingerprint density at radius 1 is 1.10 bits per heavy atom. The number of carbonyl (C=O) groups is 1. The zero-order valence-electron chi connectivity index (χ0n) is 16.1. The molecule has 8 heteroatoms. The molecule has 0 aliphatic heterocycles. The van der Waals surface area contributed by atoms with Crippen molar-refractivity contribution in [1.82, 2.24) is 5.32 Å². The molecule has 2 N–H and O–H groups in total. The molecule has 1 unspecified atom stereocenters. The maximum Gasteiger partial charge on any atom is 0.416 e. The number of methoxy groups -OCH3 is 1. The molecule has 0 amide bonds. The van der Waals surface area contributed by atoms with Gasteiger partial charge < -0.3 is 19.9 Å². The highest BCUT2D eigenvalue weighted by atomic mass is 19.4. The largest absolute Gasteiger partial charge is 0.486 e. The van der Waals surface area contributed by atoms with Crippen molar-refractivity contribution >= 4 is 5.97 Å². The quantitative estimate of drug-likeness (QED) is 0.616. The Morgan fingerprint density at radius 3 is 2.24 bits per heavy atom. The van der Waals surface area contributed by atoms with Crippen LogP contribution in [0.5, 0.6) is 5.75 Å². The molecule has 0 aromatic heterocycles. The summed E-state index contributed by atoms with van der Waals surface area (Å²) in [4.78, 5) is 11.7. The number of rotatable bonds is 9. The van der Waals surface area contributed by atoms with E-state index in [1.165, 1.54) is 26.2 Å². The third-order valence-corrected chi connectivity index (χ3v) is 4.34. The first-order chi connectivity index (χ1) is 13.7. The highest BCUT2D eigenvalue weighted by Gasteiger charge is 2.30. The molecule has 0 saturated heterocycles. The molecule has 2 aromatic rings.